The molecule has 34 heavy (non-hydrogen) atoms. The summed E-state index contributed by atoms with van der Waals surface area (Å²) in [4.78, 5) is 38.5. The zero-order valence-corrected chi connectivity index (χ0v) is 18.1. The SMILES string of the molecule is CC1(C)C(=O)Nc2nc(-c3nn(Cc4ccccc4F)c4ncc(F)cc34)nc3c2[C@@H]1C(=O)N3. The quantitative estimate of drug-likeness (QED) is 0.484. The number of hydrogen-bond acceptors (Lipinski definition) is 6. The first-order valence-electron chi connectivity index (χ1n) is 10.5. The fourth-order valence-corrected chi connectivity index (χ4v) is 4.54. The van der Waals surface area contributed by atoms with Crippen molar-refractivity contribution in [3.63, 3.8) is 0 Å². The lowest BCUT2D eigenvalue weighted by molar-refractivity contribution is -0.131. The summed E-state index contributed by atoms with van der Waals surface area (Å²) in [5, 5.41) is 10.3. The van der Waals surface area contributed by atoms with E-state index >= 15 is 0 Å². The van der Waals surface area contributed by atoms with Crippen molar-refractivity contribution in [3.05, 3.63) is 59.3 Å². The van der Waals surface area contributed by atoms with Crippen molar-refractivity contribution in [2.45, 2.75) is 26.3 Å². The van der Waals surface area contributed by atoms with Gasteiger partial charge in [0, 0.05) is 5.56 Å². The van der Waals surface area contributed by atoms with E-state index < -0.39 is 23.0 Å². The number of hydrogen-bond donors (Lipinski definition) is 2. The largest absolute Gasteiger partial charge is 0.310 e. The molecule has 1 aromatic carbocycles. The minimum absolute atomic E-state index is 0.0450. The Hall–Kier alpha value is -4.28. The van der Waals surface area contributed by atoms with Gasteiger partial charge in [0.05, 0.1) is 35.0 Å². The minimum atomic E-state index is -0.978. The molecule has 2 aliphatic rings. The Morgan fingerprint density at radius 1 is 1.09 bits per heavy atom. The zero-order valence-electron chi connectivity index (χ0n) is 18.1. The highest BCUT2D eigenvalue weighted by Gasteiger charge is 2.52. The molecule has 11 heteroatoms. The van der Waals surface area contributed by atoms with Gasteiger partial charge in [0.2, 0.25) is 11.8 Å². The molecular weight excluding hydrogens is 444 g/mol. The van der Waals surface area contributed by atoms with E-state index in [1.807, 2.05) is 0 Å². The smallest absolute Gasteiger partial charge is 0.234 e. The van der Waals surface area contributed by atoms with Gasteiger partial charge < -0.3 is 10.6 Å². The highest BCUT2D eigenvalue weighted by atomic mass is 19.1. The van der Waals surface area contributed by atoms with Crippen LogP contribution in [0.25, 0.3) is 22.6 Å². The standard InChI is InChI=1S/C23H17F2N7O2/c1-23(2)15-14-17(29-21(15)33)27-19(28-18(14)30-22(23)34)16-12-7-11(24)8-26-20(12)32(31-16)9-10-5-3-4-6-13(10)25/h3-8,15H,9H2,1-2H3,(H2,27,28,29,30,33,34)/t15-/m1/s1. The van der Waals surface area contributed by atoms with E-state index in [-0.39, 0.29) is 41.5 Å². The molecule has 6 rings (SSSR count). The number of pyridine rings is 1. The molecule has 5 heterocycles. The van der Waals surface area contributed by atoms with Crippen molar-refractivity contribution >= 4 is 34.5 Å². The number of carbonyl (C=O) groups excluding carboxylic acids is 2. The fourth-order valence-electron chi connectivity index (χ4n) is 4.54. The van der Waals surface area contributed by atoms with Crippen molar-refractivity contribution in [3.8, 4) is 11.5 Å². The molecule has 0 aliphatic carbocycles. The van der Waals surface area contributed by atoms with Gasteiger partial charge in [-0.25, -0.2) is 28.4 Å². The van der Waals surface area contributed by atoms with Gasteiger partial charge in [-0.3, -0.25) is 9.59 Å². The van der Waals surface area contributed by atoms with Crippen LogP contribution in [-0.4, -0.2) is 36.5 Å². The van der Waals surface area contributed by atoms with E-state index in [9.17, 15) is 18.4 Å². The summed E-state index contributed by atoms with van der Waals surface area (Å²) in [6.45, 7) is 3.42. The molecule has 2 amide bonds. The Morgan fingerprint density at radius 3 is 2.59 bits per heavy atom. The summed E-state index contributed by atoms with van der Waals surface area (Å²) in [7, 11) is 0. The average Bonchev–Trinajstić information content (AvgIpc) is 3.31. The first kappa shape index (κ1) is 20.3. The van der Waals surface area contributed by atoms with Crippen LogP contribution in [0.2, 0.25) is 0 Å². The molecule has 0 fully saturated rings. The van der Waals surface area contributed by atoms with Crippen molar-refractivity contribution in [2.75, 3.05) is 10.6 Å². The maximum absolute atomic E-state index is 14.3. The first-order chi connectivity index (χ1) is 16.2. The van der Waals surface area contributed by atoms with E-state index in [0.29, 0.717) is 22.2 Å². The molecule has 0 spiro atoms. The highest BCUT2D eigenvalue weighted by Crippen LogP contribution is 2.50. The van der Waals surface area contributed by atoms with Gasteiger partial charge >= 0.3 is 0 Å². The summed E-state index contributed by atoms with van der Waals surface area (Å²) in [6.07, 6.45) is 1.05. The van der Waals surface area contributed by atoms with Crippen LogP contribution in [0.4, 0.5) is 20.4 Å². The molecule has 170 valence electrons. The Bertz CT molecular complexity index is 1550. The fraction of sp³-hybridized carbons (Fsp3) is 0.217. The molecular formula is C23H17F2N7O2. The predicted octanol–water partition coefficient (Wildman–Crippen LogP) is 3.23. The summed E-state index contributed by atoms with van der Waals surface area (Å²) in [6, 6.07) is 7.49. The van der Waals surface area contributed by atoms with E-state index in [0.717, 1.165) is 6.20 Å². The molecule has 0 saturated heterocycles. The monoisotopic (exact) mass is 461 g/mol. The number of carbonyl (C=O) groups is 2. The zero-order chi connectivity index (χ0) is 23.8. The first-order valence-corrected chi connectivity index (χ1v) is 10.5. The Labute approximate surface area is 191 Å². The van der Waals surface area contributed by atoms with Gasteiger partial charge in [-0.1, -0.05) is 18.2 Å². The van der Waals surface area contributed by atoms with Crippen LogP contribution in [0.1, 0.15) is 30.9 Å². The van der Waals surface area contributed by atoms with E-state index in [1.165, 1.54) is 16.8 Å². The second-order valence-corrected chi connectivity index (χ2v) is 8.88. The lowest BCUT2D eigenvalue weighted by atomic mass is 9.73. The number of halogens is 2. The molecule has 2 aliphatic heterocycles. The molecule has 0 radical (unpaired) electrons. The van der Waals surface area contributed by atoms with Gasteiger partial charge in [-0.15, -0.1) is 0 Å². The lowest BCUT2D eigenvalue weighted by Crippen LogP contribution is -2.43. The molecule has 3 aromatic heterocycles. The number of fused-ring (bicyclic) bond motifs is 1. The summed E-state index contributed by atoms with van der Waals surface area (Å²) >= 11 is 0. The lowest BCUT2D eigenvalue weighted by Gasteiger charge is -2.33. The van der Waals surface area contributed by atoms with Crippen molar-refractivity contribution in [2.24, 2.45) is 5.41 Å². The van der Waals surface area contributed by atoms with Crippen LogP contribution >= 0.6 is 0 Å². The number of amides is 2. The molecule has 0 unspecified atom stereocenters. The Morgan fingerprint density at radius 2 is 1.82 bits per heavy atom. The van der Waals surface area contributed by atoms with Crippen LogP contribution in [-0.2, 0) is 16.1 Å². The second-order valence-electron chi connectivity index (χ2n) is 8.88. The van der Waals surface area contributed by atoms with E-state index in [2.05, 4.69) is 30.7 Å². The predicted molar refractivity (Wildman–Crippen MR) is 118 cm³/mol. The normalized spacial score (nSPS) is 18.1. The summed E-state index contributed by atoms with van der Waals surface area (Å²) in [5.41, 5.74) is 0.407. The highest BCUT2D eigenvalue weighted by molar-refractivity contribution is 6.13. The maximum Gasteiger partial charge on any atom is 0.234 e. The van der Waals surface area contributed by atoms with Crippen LogP contribution in [0.15, 0.2) is 36.5 Å². The van der Waals surface area contributed by atoms with E-state index in [1.54, 1.807) is 32.0 Å². The third-order valence-corrected chi connectivity index (χ3v) is 6.32. The minimum Gasteiger partial charge on any atom is -0.310 e. The van der Waals surface area contributed by atoms with Gasteiger partial charge in [-0.2, -0.15) is 5.10 Å². The number of anilines is 2. The van der Waals surface area contributed by atoms with Crippen molar-refractivity contribution in [1.82, 2.24) is 24.7 Å². The topological polar surface area (TPSA) is 115 Å². The third kappa shape index (κ3) is 2.82. The summed E-state index contributed by atoms with van der Waals surface area (Å²) in [5.74, 6) is -1.88. The van der Waals surface area contributed by atoms with Crippen LogP contribution in [0.5, 0.6) is 0 Å². The molecule has 0 saturated carbocycles. The van der Waals surface area contributed by atoms with Gasteiger partial charge in [-0.05, 0) is 26.0 Å². The van der Waals surface area contributed by atoms with Gasteiger partial charge in [0.1, 0.15) is 29.0 Å². The molecule has 1 atom stereocenters. The van der Waals surface area contributed by atoms with Crippen molar-refractivity contribution in [1.29, 1.82) is 0 Å². The number of benzene rings is 1. The molecule has 9 nitrogen and oxygen atoms in total. The number of aromatic nitrogens is 5. The van der Waals surface area contributed by atoms with E-state index in [4.69, 9.17) is 0 Å². The number of rotatable bonds is 3. The number of nitrogens with one attached hydrogen (secondary N) is 2. The number of nitrogens with zero attached hydrogens (tertiary/aromatic N) is 5. The van der Waals surface area contributed by atoms with Gasteiger partial charge in [0.15, 0.2) is 11.5 Å². The van der Waals surface area contributed by atoms with Gasteiger partial charge in [0.25, 0.3) is 0 Å². The molecule has 4 aromatic rings. The maximum atomic E-state index is 14.3. The van der Waals surface area contributed by atoms with Crippen LogP contribution < -0.4 is 10.6 Å². The second kappa shape index (κ2) is 6.86. The third-order valence-electron chi connectivity index (χ3n) is 6.32. The summed E-state index contributed by atoms with van der Waals surface area (Å²) < 4.78 is 29.8. The Balaban J connectivity index is 1.53. The van der Waals surface area contributed by atoms with Crippen molar-refractivity contribution < 1.29 is 18.4 Å². The average molecular weight is 461 g/mol. The van der Waals surface area contributed by atoms with Crippen LogP contribution in [0.3, 0.4) is 0 Å². The van der Waals surface area contributed by atoms with Crippen LogP contribution in [0, 0.1) is 17.0 Å². The molecule has 2 N–H and O–H groups in total. The molecule has 0 bridgehead atoms. The Kier molecular flexibility index (Phi) is 4.10.